The molecule has 0 aliphatic heterocycles. The van der Waals surface area contributed by atoms with Crippen molar-refractivity contribution in [2.24, 2.45) is 0 Å². The number of phenols is 1. The van der Waals surface area contributed by atoms with Crippen molar-refractivity contribution in [3.8, 4) is 11.6 Å². The van der Waals surface area contributed by atoms with Crippen molar-refractivity contribution in [2.75, 3.05) is 11.9 Å². The fourth-order valence-corrected chi connectivity index (χ4v) is 1.92. The third-order valence-electron chi connectivity index (χ3n) is 2.60. The molecule has 4 nitrogen and oxygen atoms in total. The molecular weight excluding hydrogens is 264 g/mol. The van der Waals surface area contributed by atoms with Crippen LogP contribution in [0, 0.1) is 0 Å². The van der Waals surface area contributed by atoms with E-state index in [1.54, 1.807) is 24.4 Å². The van der Waals surface area contributed by atoms with Gasteiger partial charge in [0.15, 0.2) is 0 Å². The number of nitrogens with one attached hydrogen (secondary N) is 1. The molecule has 19 heavy (non-hydrogen) atoms. The summed E-state index contributed by atoms with van der Waals surface area (Å²) in [5, 5.41) is 13.5. The van der Waals surface area contributed by atoms with Crippen LogP contribution in [0.4, 0.5) is 5.69 Å². The van der Waals surface area contributed by atoms with Crippen LogP contribution < -0.4 is 10.1 Å². The van der Waals surface area contributed by atoms with Crippen LogP contribution in [0.1, 0.15) is 12.5 Å². The van der Waals surface area contributed by atoms with E-state index in [2.05, 4.69) is 10.3 Å². The Morgan fingerprint density at radius 2 is 2.16 bits per heavy atom. The van der Waals surface area contributed by atoms with E-state index >= 15 is 0 Å². The Morgan fingerprint density at radius 3 is 2.89 bits per heavy atom. The molecule has 0 spiro atoms. The van der Waals surface area contributed by atoms with E-state index in [9.17, 15) is 5.11 Å². The zero-order valence-electron chi connectivity index (χ0n) is 10.6. The number of aromatic hydroxyl groups is 1. The lowest BCUT2D eigenvalue weighted by Crippen LogP contribution is -2.04. The van der Waals surface area contributed by atoms with Crippen molar-refractivity contribution in [1.29, 1.82) is 0 Å². The number of ether oxygens (including phenoxy) is 1. The molecule has 0 fully saturated rings. The number of hydrogen-bond acceptors (Lipinski definition) is 4. The van der Waals surface area contributed by atoms with Crippen LogP contribution in [-0.4, -0.2) is 16.7 Å². The largest absolute Gasteiger partial charge is 0.508 e. The minimum atomic E-state index is 0.168. The Kier molecular flexibility index (Phi) is 4.47. The molecule has 0 amide bonds. The van der Waals surface area contributed by atoms with Gasteiger partial charge in [0.2, 0.25) is 5.88 Å². The first kappa shape index (κ1) is 13.5. The van der Waals surface area contributed by atoms with Gasteiger partial charge in [0.1, 0.15) is 5.75 Å². The van der Waals surface area contributed by atoms with Gasteiger partial charge in [0.05, 0.1) is 12.3 Å². The Balaban J connectivity index is 2.15. The first-order valence-electron chi connectivity index (χ1n) is 6.00. The molecule has 0 radical (unpaired) electrons. The van der Waals surface area contributed by atoms with E-state index in [0.717, 1.165) is 5.69 Å². The SMILES string of the molecule is CCOc1ncccc1NCc1c(O)cccc1Cl. The third kappa shape index (κ3) is 3.29. The van der Waals surface area contributed by atoms with Crippen molar-refractivity contribution in [1.82, 2.24) is 4.98 Å². The van der Waals surface area contributed by atoms with Crippen molar-refractivity contribution in [2.45, 2.75) is 13.5 Å². The first-order valence-corrected chi connectivity index (χ1v) is 6.38. The minimum Gasteiger partial charge on any atom is -0.508 e. The molecule has 0 atom stereocenters. The number of rotatable bonds is 5. The van der Waals surface area contributed by atoms with Gasteiger partial charge in [0, 0.05) is 23.3 Å². The summed E-state index contributed by atoms with van der Waals surface area (Å²) in [6.45, 7) is 2.85. The van der Waals surface area contributed by atoms with Crippen LogP contribution >= 0.6 is 11.6 Å². The average molecular weight is 279 g/mol. The molecule has 1 aromatic carbocycles. The topological polar surface area (TPSA) is 54.4 Å². The van der Waals surface area contributed by atoms with E-state index in [-0.39, 0.29) is 5.75 Å². The molecule has 0 unspecified atom stereocenters. The maximum atomic E-state index is 9.77. The summed E-state index contributed by atoms with van der Waals surface area (Å²) in [7, 11) is 0. The predicted molar refractivity (Wildman–Crippen MR) is 75.8 cm³/mol. The summed E-state index contributed by atoms with van der Waals surface area (Å²) in [4.78, 5) is 4.15. The Hall–Kier alpha value is -1.94. The van der Waals surface area contributed by atoms with Crippen LogP contribution in [0.3, 0.4) is 0 Å². The Morgan fingerprint density at radius 1 is 1.32 bits per heavy atom. The zero-order valence-corrected chi connectivity index (χ0v) is 11.3. The van der Waals surface area contributed by atoms with E-state index in [4.69, 9.17) is 16.3 Å². The molecule has 100 valence electrons. The van der Waals surface area contributed by atoms with Crippen LogP contribution in [0.15, 0.2) is 36.5 Å². The highest BCUT2D eigenvalue weighted by molar-refractivity contribution is 6.31. The van der Waals surface area contributed by atoms with Crippen LogP contribution in [0.2, 0.25) is 5.02 Å². The molecule has 1 heterocycles. The number of hydrogen-bond donors (Lipinski definition) is 2. The van der Waals surface area contributed by atoms with E-state index in [1.165, 1.54) is 0 Å². The fraction of sp³-hybridized carbons (Fsp3) is 0.214. The van der Waals surface area contributed by atoms with E-state index in [0.29, 0.717) is 29.6 Å². The number of halogens is 1. The van der Waals surface area contributed by atoms with Gasteiger partial charge in [-0.3, -0.25) is 0 Å². The van der Waals surface area contributed by atoms with E-state index in [1.807, 2.05) is 19.1 Å². The molecule has 0 saturated carbocycles. The third-order valence-corrected chi connectivity index (χ3v) is 2.96. The molecule has 5 heteroatoms. The van der Waals surface area contributed by atoms with Gasteiger partial charge in [-0.15, -0.1) is 0 Å². The number of phenolic OH excluding ortho intramolecular Hbond substituents is 1. The summed E-state index contributed by atoms with van der Waals surface area (Å²) >= 11 is 6.05. The van der Waals surface area contributed by atoms with E-state index < -0.39 is 0 Å². The number of anilines is 1. The molecule has 0 bridgehead atoms. The maximum Gasteiger partial charge on any atom is 0.237 e. The molecule has 2 rings (SSSR count). The van der Waals surface area contributed by atoms with Crippen LogP contribution in [0.5, 0.6) is 11.6 Å². The normalized spacial score (nSPS) is 10.2. The van der Waals surface area contributed by atoms with Crippen molar-refractivity contribution in [3.63, 3.8) is 0 Å². The quantitative estimate of drug-likeness (QED) is 0.879. The number of benzene rings is 1. The van der Waals surface area contributed by atoms with Crippen LogP contribution in [0.25, 0.3) is 0 Å². The monoisotopic (exact) mass is 278 g/mol. The Labute approximate surface area is 117 Å². The van der Waals surface area contributed by atoms with Gasteiger partial charge in [-0.1, -0.05) is 17.7 Å². The summed E-state index contributed by atoms with van der Waals surface area (Å²) in [6.07, 6.45) is 1.67. The van der Waals surface area contributed by atoms with Gasteiger partial charge in [0.25, 0.3) is 0 Å². The van der Waals surface area contributed by atoms with Crippen molar-refractivity contribution < 1.29 is 9.84 Å². The van der Waals surface area contributed by atoms with Gasteiger partial charge in [-0.05, 0) is 31.2 Å². The average Bonchev–Trinajstić information content (AvgIpc) is 2.40. The van der Waals surface area contributed by atoms with Crippen molar-refractivity contribution in [3.05, 3.63) is 47.1 Å². The zero-order chi connectivity index (χ0) is 13.7. The standard InChI is InChI=1S/C14H15ClN2O2/c1-2-19-14-12(6-4-8-16-14)17-9-10-11(15)5-3-7-13(10)18/h3-8,17-18H,2,9H2,1H3. The van der Waals surface area contributed by atoms with Crippen LogP contribution in [-0.2, 0) is 6.54 Å². The lowest BCUT2D eigenvalue weighted by atomic mass is 10.2. The summed E-state index contributed by atoms with van der Waals surface area (Å²) in [5.74, 6) is 0.707. The molecule has 0 aliphatic rings. The second kappa shape index (κ2) is 6.29. The first-order chi connectivity index (χ1) is 9.22. The second-order valence-electron chi connectivity index (χ2n) is 3.88. The molecule has 2 aromatic rings. The summed E-state index contributed by atoms with van der Waals surface area (Å²) in [6, 6.07) is 8.74. The van der Waals surface area contributed by atoms with Gasteiger partial charge < -0.3 is 15.2 Å². The summed E-state index contributed by atoms with van der Waals surface area (Å²) < 4.78 is 5.42. The highest BCUT2D eigenvalue weighted by Gasteiger charge is 2.08. The predicted octanol–water partition coefficient (Wildman–Crippen LogP) is 3.45. The van der Waals surface area contributed by atoms with Gasteiger partial charge in [-0.2, -0.15) is 0 Å². The fourth-order valence-electron chi connectivity index (χ4n) is 1.68. The molecule has 0 saturated heterocycles. The number of pyridine rings is 1. The van der Waals surface area contributed by atoms with Crippen molar-refractivity contribution >= 4 is 17.3 Å². The smallest absolute Gasteiger partial charge is 0.237 e. The van der Waals surface area contributed by atoms with Gasteiger partial charge >= 0.3 is 0 Å². The summed E-state index contributed by atoms with van der Waals surface area (Å²) in [5.41, 5.74) is 1.42. The number of aromatic nitrogens is 1. The highest BCUT2D eigenvalue weighted by Crippen LogP contribution is 2.27. The highest BCUT2D eigenvalue weighted by atomic mass is 35.5. The number of nitrogens with zero attached hydrogens (tertiary/aromatic N) is 1. The molecular formula is C14H15ClN2O2. The second-order valence-corrected chi connectivity index (χ2v) is 4.29. The Bertz CT molecular complexity index is 541. The maximum absolute atomic E-state index is 9.77. The van der Waals surface area contributed by atoms with Gasteiger partial charge in [-0.25, -0.2) is 4.98 Å². The molecule has 0 aliphatic carbocycles. The lowest BCUT2D eigenvalue weighted by molar-refractivity contribution is 0.328. The molecule has 1 aromatic heterocycles. The lowest BCUT2D eigenvalue weighted by Gasteiger charge is -2.12. The molecule has 2 N–H and O–H groups in total. The minimum absolute atomic E-state index is 0.168.